The topological polar surface area (TPSA) is 0 Å². The Labute approximate surface area is 96.9 Å². The van der Waals surface area contributed by atoms with Crippen molar-refractivity contribution >= 4 is 15.9 Å². The Kier molecular flexibility index (Phi) is 6.90. The van der Waals surface area contributed by atoms with Crippen molar-refractivity contribution in [3.8, 4) is 0 Å². The van der Waals surface area contributed by atoms with E-state index in [2.05, 4.69) is 62.7 Å². The van der Waals surface area contributed by atoms with E-state index in [0.29, 0.717) is 0 Å². The smallest absolute Gasteiger partial charge is 0.00777 e. The van der Waals surface area contributed by atoms with Crippen molar-refractivity contribution in [3.05, 3.63) is 33.4 Å². The number of allylic oxidation sites excluding steroid dienone is 6. The van der Waals surface area contributed by atoms with Crippen LogP contribution in [0.2, 0.25) is 0 Å². The van der Waals surface area contributed by atoms with Crippen LogP contribution in [0.4, 0.5) is 0 Å². The van der Waals surface area contributed by atoms with E-state index in [4.69, 9.17) is 0 Å². The highest BCUT2D eigenvalue weighted by Crippen LogP contribution is 2.19. The predicted octanol–water partition coefficient (Wildman–Crippen LogP) is 5.37. The molecule has 0 heterocycles. The van der Waals surface area contributed by atoms with Crippen LogP contribution in [0.15, 0.2) is 33.4 Å². The number of halogens is 1. The first-order chi connectivity index (χ1) is 6.47. The summed E-state index contributed by atoms with van der Waals surface area (Å²) >= 11 is 3.48. The Hall–Kier alpha value is -0.300. The van der Waals surface area contributed by atoms with Crippen LogP contribution in [0.25, 0.3) is 0 Å². The molecule has 0 spiro atoms. The van der Waals surface area contributed by atoms with Crippen LogP contribution in [-0.4, -0.2) is 0 Å². The average Bonchev–Trinajstić information content (AvgIpc) is 2.10. The molecule has 0 bridgehead atoms. The van der Waals surface area contributed by atoms with Gasteiger partial charge in [-0.05, 0) is 63.6 Å². The van der Waals surface area contributed by atoms with Gasteiger partial charge in [-0.15, -0.1) is 0 Å². The summed E-state index contributed by atoms with van der Waals surface area (Å²) in [4.78, 5) is 0. The Morgan fingerprint density at radius 3 is 2.00 bits per heavy atom. The molecule has 14 heavy (non-hydrogen) atoms. The van der Waals surface area contributed by atoms with Gasteiger partial charge in [0.05, 0.1) is 0 Å². The van der Waals surface area contributed by atoms with Gasteiger partial charge in [-0.2, -0.15) is 0 Å². The number of hydrogen-bond donors (Lipinski definition) is 0. The molecule has 0 saturated carbocycles. The van der Waals surface area contributed by atoms with E-state index >= 15 is 0 Å². The van der Waals surface area contributed by atoms with Gasteiger partial charge in [0.2, 0.25) is 0 Å². The minimum absolute atomic E-state index is 1.14. The van der Waals surface area contributed by atoms with Crippen LogP contribution in [-0.2, 0) is 0 Å². The molecule has 0 aromatic rings. The van der Waals surface area contributed by atoms with Gasteiger partial charge in [-0.3, -0.25) is 0 Å². The second kappa shape index (κ2) is 7.05. The zero-order chi connectivity index (χ0) is 11.1. The highest BCUT2D eigenvalue weighted by molar-refractivity contribution is 9.11. The van der Waals surface area contributed by atoms with Gasteiger partial charge in [-0.1, -0.05) is 33.2 Å². The van der Waals surface area contributed by atoms with Gasteiger partial charge in [0.25, 0.3) is 0 Å². The molecule has 0 rings (SSSR count). The van der Waals surface area contributed by atoms with Crippen LogP contribution >= 0.6 is 15.9 Å². The fraction of sp³-hybridized carbons (Fsp3) is 0.538. The maximum atomic E-state index is 3.48. The molecule has 0 radical (unpaired) electrons. The maximum Gasteiger partial charge on any atom is -0.00777 e. The Bertz CT molecular complexity index is 259. The molecule has 0 aliphatic carbocycles. The molecule has 0 N–H and O–H groups in total. The summed E-state index contributed by atoms with van der Waals surface area (Å²) in [7, 11) is 0. The van der Waals surface area contributed by atoms with Gasteiger partial charge in [0.15, 0.2) is 0 Å². The molecule has 0 unspecified atom stereocenters. The molecule has 1 heteroatoms. The molecule has 0 aromatic carbocycles. The summed E-state index contributed by atoms with van der Waals surface area (Å²) in [5.74, 6) is 0. The predicted molar refractivity (Wildman–Crippen MR) is 69.7 cm³/mol. The lowest BCUT2D eigenvalue weighted by atomic mass is 10.0. The molecule has 0 aliphatic rings. The second-order valence-electron chi connectivity index (χ2n) is 3.89. The van der Waals surface area contributed by atoms with Crippen LogP contribution in [0.1, 0.15) is 47.5 Å². The summed E-state index contributed by atoms with van der Waals surface area (Å²) in [6.45, 7) is 10.7. The lowest BCUT2D eigenvalue weighted by molar-refractivity contribution is 0.927. The Morgan fingerprint density at radius 2 is 1.64 bits per heavy atom. The van der Waals surface area contributed by atoms with Crippen molar-refractivity contribution in [2.75, 3.05) is 0 Å². The molecule has 0 aromatic heterocycles. The van der Waals surface area contributed by atoms with E-state index < -0.39 is 0 Å². The minimum atomic E-state index is 1.14. The van der Waals surface area contributed by atoms with Crippen molar-refractivity contribution in [3.63, 3.8) is 0 Å². The lowest BCUT2D eigenvalue weighted by Crippen LogP contribution is -1.86. The zero-order valence-corrected chi connectivity index (χ0v) is 11.5. The maximum absolute atomic E-state index is 3.48. The summed E-state index contributed by atoms with van der Waals surface area (Å²) in [5.41, 5.74) is 4.32. The summed E-state index contributed by atoms with van der Waals surface area (Å²) in [6, 6.07) is 0. The van der Waals surface area contributed by atoms with Crippen LogP contribution in [0.3, 0.4) is 0 Å². The fourth-order valence-corrected chi connectivity index (χ4v) is 1.46. The summed E-state index contributed by atoms with van der Waals surface area (Å²) in [5, 5.41) is 0. The van der Waals surface area contributed by atoms with Crippen molar-refractivity contribution in [1.29, 1.82) is 0 Å². The third-order valence-corrected chi connectivity index (χ3v) is 2.53. The van der Waals surface area contributed by atoms with Crippen LogP contribution in [0.5, 0.6) is 0 Å². The monoisotopic (exact) mass is 256 g/mol. The average molecular weight is 257 g/mol. The molecular formula is C13H21Br. The highest BCUT2D eigenvalue weighted by atomic mass is 79.9. The minimum Gasteiger partial charge on any atom is -0.0887 e. The van der Waals surface area contributed by atoms with E-state index in [1.807, 2.05) is 0 Å². The molecule has 0 amide bonds. The normalized spacial score (nSPS) is 13.0. The molecule has 0 nitrogen and oxygen atoms in total. The van der Waals surface area contributed by atoms with E-state index in [1.54, 1.807) is 0 Å². The molecule has 80 valence electrons. The van der Waals surface area contributed by atoms with Gasteiger partial charge in [0, 0.05) is 0 Å². The highest BCUT2D eigenvalue weighted by Gasteiger charge is 1.98. The van der Waals surface area contributed by atoms with E-state index in [0.717, 1.165) is 12.8 Å². The van der Waals surface area contributed by atoms with Gasteiger partial charge in [-0.25, -0.2) is 0 Å². The van der Waals surface area contributed by atoms with Crippen molar-refractivity contribution in [2.24, 2.45) is 0 Å². The quantitative estimate of drug-likeness (QED) is 0.469. The number of hydrogen-bond acceptors (Lipinski definition) is 0. The van der Waals surface area contributed by atoms with Crippen LogP contribution < -0.4 is 0 Å². The fourth-order valence-electron chi connectivity index (χ4n) is 1.18. The Balaban J connectivity index is 4.44. The van der Waals surface area contributed by atoms with Gasteiger partial charge < -0.3 is 0 Å². The molecule has 0 fully saturated rings. The standard InChI is InChI=1S/C13H21Br/c1-6-11(4)7-8-13(10(2)3)9-12(5)14/h6,9H,7-8H2,1-5H3/b11-6-,12-9+. The first-order valence-corrected chi connectivity index (χ1v) is 5.88. The van der Waals surface area contributed by atoms with E-state index in [-0.39, 0.29) is 0 Å². The first kappa shape index (κ1) is 13.7. The van der Waals surface area contributed by atoms with Crippen molar-refractivity contribution < 1.29 is 0 Å². The van der Waals surface area contributed by atoms with Gasteiger partial charge >= 0.3 is 0 Å². The molecular weight excluding hydrogens is 236 g/mol. The summed E-state index contributed by atoms with van der Waals surface area (Å²) in [6.07, 6.45) is 6.71. The SMILES string of the molecule is C/C=C(/C)CCC(/C=C(\C)Br)=C(C)C. The summed E-state index contributed by atoms with van der Waals surface area (Å²) < 4.78 is 1.20. The molecule has 0 atom stereocenters. The van der Waals surface area contributed by atoms with Crippen molar-refractivity contribution in [1.82, 2.24) is 0 Å². The Morgan fingerprint density at radius 1 is 1.07 bits per heavy atom. The lowest BCUT2D eigenvalue weighted by Gasteiger charge is -2.06. The molecule has 0 saturated heterocycles. The largest absolute Gasteiger partial charge is 0.0887 e. The third kappa shape index (κ3) is 6.20. The van der Waals surface area contributed by atoms with E-state index in [9.17, 15) is 0 Å². The van der Waals surface area contributed by atoms with Crippen LogP contribution in [0, 0.1) is 0 Å². The third-order valence-electron chi connectivity index (χ3n) is 2.30. The van der Waals surface area contributed by atoms with E-state index in [1.165, 1.54) is 21.2 Å². The zero-order valence-electron chi connectivity index (χ0n) is 9.95. The first-order valence-electron chi connectivity index (χ1n) is 5.09. The molecule has 0 aliphatic heterocycles. The number of rotatable bonds is 4. The van der Waals surface area contributed by atoms with Crippen molar-refractivity contribution in [2.45, 2.75) is 47.5 Å². The second-order valence-corrected chi connectivity index (χ2v) is 5.14. The van der Waals surface area contributed by atoms with Gasteiger partial charge in [0.1, 0.15) is 0 Å².